The van der Waals surface area contributed by atoms with E-state index in [0.717, 1.165) is 19.4 Å². The van der Waals surface area contributed by atoms with Crippen molar-refractivity contribution in [3.8, 4) is 0 Å². The smallest absolute Gasteiger partial charge is 0.0648 e. The monoisotopic (exact) mass is 354 g/mol. The molecule has 0 heterocycles. The fraction of sp³-hybridized carbons (Fsp3) is 0.913. The summed E-state index contributed by atoms with van der Waals surface area (Å²) < 4.78 is 5.82. The average molecular weight is 355 g/mol. The van der Waals surface area contributed by atoms with Gasteiger partial charge in [-0.2, -0.15) is 0 Å². The summed E-state index contributed by atoms with van der Waals surface area (Å²) in [4.78, 5) is 0. The number of aliphatic hydroxyl groups is 1. The summed E-state index contributed by atoms with van der Waals surface area (Å²) in [5.74, 6) is 0. The number of allylic oxidation sites excluding steroid dienone is 2. The first-order valence-corrected chi connectivity index (χ1v) is 11.0. The van der Waals surface area contributed by atoms with Crippen LogP contribution in [0, 0.1) is 0 Å². The quantitative estimate of drug-likeness (QED) is 0.196. The maximum absolute atomic E-state index is 8.96. The second-order valence-electron chi connectivity index (χ2n) is 8.02. The average Bonchev–Trinajstić information content (AvgIpc) is 2.57. The SMILES string of the molecule is CCCCCCCC/C=C\CCCCCCCCOC(C)(C)CCO. The summed E-state index contributed by atoms with van der Waals surface area (Å²) in [7, 11) is 0. The molecule has 0 aliphatic rings. The summed E-state index contributed by atoms with van der Waals surface area (Å²) >= 11 is 0. The van der Waals surface area contributed by atoms with Gasteiger partial charge in [0.25, 0.3) is 0 Å². The Morgan fingerprint density at radius 1 is 0.720 bits per heavy atom. The zero-order valence-electron chi connectivity index (χ0n) is 17.5. The molecular formula is C23H46O2. The van der Waals surface area contributed by atoms with Gasteiger partial charge in [0.1, 0.15) is 0 Å². The largest absolute Gasteiger partial charge is 0.396 e. The van der Waals surface area contributed by atoms with Crippen LogP contribution in [-0.4, -0.2) is 23.9 Å². The van der Waals surface area contributed by atoms with Crippen LogP contribution >= 0.6 is 0 Å². The lowest BCUT2D eigenvalue weighted by Crippen LogP contribution is -2.26. The lowest BCUT2D eigenvalue weighted by molar-refractivity contribution is -0.0340. The molecule has 0 aromatic rings. The molecule has 25 heavy (non-hydrogen) atoms. The van der Waals surface area contributed by atoms with Crippen molar-refractivity contribution in [2.45, 2.75) is 123 Å². The number of hydrogen-bond donors (Lipinski definition) is 1. The van der Waals surface area contributed by atoms with Crippen molar-refractivity contribution in [1.29, 1.82) is 0 Å². The van der Waals surface area contributed by atoms with Crippen LogP contribution in [0.1, 0.15) is 117 Å². The van der Waals surface area contributed by atoms with Crippen molar-refractivity contribution in [3.63, 3.8) is 0 Å². The van der Waals surface area contributed by atoms with Gasteiger partial charge in [0, 0.05) is 13.2 Å². The van der Waals surface area contributed by atoms with Crippen LogP contribution in [0.3, 0.4) is 0 Å². The van der Waals surface area contributed by atoms with Gasteiger partial charge in [0.2, 0.25) is 0 Å². The van der Waals surface area contributed by atoms with Gasteiger partial charge >= 0.3 is 0 Å². The minimum atomic E-state index is -0.170. The zero-order chi connectivity index (χ0) is 18.6. The van der Waals surface area contributed by atoms with E-state index in [1.807, 2.05) is 0 Å². The summed E-state index contributed by atoms with van der Waals surface area (Å²) in [5.41, 5.74) is -0.170. The lowest BCUT2D eigenvalue weighted by atomic mass is 10.1. The number of hydrogen-bond acceptors (Lipinski definition) is 2. The van der Waals surface area contributed by atoms with Gasteiger partial charge in [-0.05, 0) is 52.4 Å². The number of aliphatic hydroxyl groups excluding tert-OH is 1. The molecule has 2 heteroatoms. The highest BCUT2D eigenvalue weighted by Crippen LogP contribution is 2.15. The molecule has 0 unspecified atom stereocenters. The van der Waals surface area contributed by atoms with E-state index in [1.165, 1.54) is 83.5 Å². The van der Waals surface area contributed by atoms with Gasteiger partial charge in [-0.25, -0.2) is 0 Å². The lowest BCUT2D eigenvalue weighted by Gasteiger charge is -2.24. The van der Waals surface area contributed by atoms with E-state index < -0.39 is 0 Å². The predicted octanol–water partition coefficient (Wildman–Crippen LogP) is 7.20. The normalized spacial score (nSPS) is 12.3. The molecule has 0 aliphatic carbocycles. The highest BCUT2D eigenvalue weighted by atomic mass is 16.5. The Hall–Kier alpha value is -0.340. The molecule has 2 nitrogen and oxygen atoms in total. The highest BCUT2D eigenvalue weighted by Gasteiger charge is 2.16. The zero-order valence-corrected chi connectivity index (χ0v) is 17.5. The van der Waals surface area contributed by atoms with Crippen molar-refractivity contribution < 1.29 is 9.84 Å². The van der Waals surface area contributed by atoms with Crippen LogP contribution < -0.4 is 0 Å². The predicted molar refractivity (Wildman–Crippen MR) is 111 cm³/mol. The molecule has 0 aliphatic heterocycles. The van der Waals surface area contributed by atoms with Crippen molar-refractivity contribution >= 4 is 0 Å². The molecule has 1 N–H and O–H groups in total. The summed E-state index contributed by atoms with van der Waals surface area (Å²) in [5, 5.41) is 8.96. The number of unbranched alkanes of at least 4 members (excludes halogenated alkanes) is 12. The molecule has 150 valence electrons. The Balaban J connectivity index is 3.19. The van der Waals surface area contributed by atoms with Crippen molar-refractivity contribution in [3.05, 3.63) is 12.2 Å². The van der Waals surface area contributed by atoms with E-state index in [0.29, 0.717) is 0 Å². The van der Waals surface area contributed by atoms with Gasteiger partial charge in [-0.15, -0.1) is 0 Å². The van der Waals surface area contributed by atoms with E-state index in [2.05, 4.69) is 32.9 Å². The number of rotatable bonds is 19. The van der Waals surface area contributed by atoms with Crippen LogP contribution in [0.15, 0.2) is 12.2 Å². The molecule has 0 rings (SSSR count). The fourth-order valence-electron chi connectivity index (χ4n) is 3.04. The van der Waals surface area contributed by atoms with Crippen molar-refractivity contribution in [2.24, 2.45) is 0 Å². The van der Waals surface area contributed by atoms with Crippen LogP contribution in [0.5, 0.6) is 0 Å². The minimum absolute atomic E-state index is 0.170. The van der Waals surface area contributed by atoms with Gasteiger partial charge in [0.05, 0.1) is 5.60 Å². The first kappa shape index (κ1) is 24.7. The molecule has 0 aromatic carbocycles. The second kappa shape index (κ2) is 18.5. The second-order valence-corrected chi connectivity index (χ2v) is 8.02. The van der Waals surface area contributed by atoms with E-state index >= 15 is 0 Å². The topological polar surface area (TPSA) is 29.5 Å². The van der Waals surface area contributed by atoms with Gasteiger partial charge in [-0.3, -0.25) is 0 Å². The van der Waals surface area contributed by atoms with Gasteiger partial charge in [0.15, 0.2) is 0 Å². The minimum Gasteiger partial charge on any atom is -0.396 e. The van der Waals surface area contributed by atoms with Gasteiger partial charge in [-0.1, -0.05) is 76.9 Å². The Morgan fingerprint density at radius 2 is 1.20 bits per heavy atom. The molecule has 0 atom stereocenters. The van der Waals surface area contributed by atoms with E-state index in [1.54, 1.807) is 0 Å². The Bertz CT molecular complexity index is 284. The molecule has 0 aromatic heterocycles. The Labute approximate surface area is 158 Å². The molecule has 0 spiro atoms. The molecule has 0 amide bonds. The van der Waals surface area contributed by atoms with E-state index in [4.69, 9.17) is 9.84 Å². The maximum Gasteiger partial charge on any atom is 0.0648 e. The summed E-state index contributed by atoms with van der Waals surface area (Å²) in [6, 6.07) is 0. The molecule has 0 saturated carbocycles. The van der Waals surface area contributed by atoms with Crippen LogP contribution in [0.2, 0.25) is 0 Å². The van der Waals surface area contributed by atoms with E-state index in [9.17, 15) is 0 Å². The highest BCUT2D eigenvalue weighted by molar-refractivity contribution is 4.81. The fourth-order valence-corrected chi connectivity index (χ4v) is 3.04. The maximum atomic E-state index is 8.96. The van der Waals surface area contributed by atoms with Crippen LogP contribution in [-0.2, 0) is 4.74 Å². The third-order valence-corrected chi connectivity index (χ3v) is 4.86. The summed E-state index contributed by atoms with van der Waals surface area (Å²) in [6.45, 7) is 7.43. The molecule has 0 bridgehead atoms. The molecule has 0 radical (unpaired) electrons. The third-order valence-electron chi connectivity index (χ3n) is 4.86. The third kappa shape index (κ3) is 19.8. The van der Waals surface area contributed by atoms with Crippen LogP contribution in [0.4, 0.5) is 0 Å². The van der Waals surface area contributed by atoms with Gasteiger partial charge < -0.3 is 9.84 Å². The molecule has 0 fully saturated rings. The van der Waals surface area contributed by atoms with E-state index in [-0.39, 0.29) is 12.2 Å². The standard InChI is InChI=1S/C23H46O2/c1-4-5-6-7-8-9-10-11-12-13-14-15-16-17-18-19-22-25-23(2,3)20-21-24/h11-12,24H,4-10,13-22H2,1-3H3/b12-11-. The van der Waals surface area contributed by atoms with Crippen LogP contribution in [0.25, 0.3) is 0 Å². The first-order chi connectivity index (χ1) is 12.1. The Morgan fingerprint density at radius 3 is 1.72 bits per heavy atom. The van der Waals surface area contributed by atoms with Crippen molar-refractivity contribution in [2.75, 3.05) is 13.2 Å². The first-order valence-electron chi connectivity index (χ1n) is 11.0. The molecule has 0 saturated heterocycles. The number of ether oxygens (including phenoxy) is 1. The Kier molecular flexibility index (Phi) is 18.2. The van der Waals surface area contributed by atoms with Crippen molar-refractivity contribution in [1.82, 2.24) is 0 Å². The summed E-state index contributed by atoms with van der Waals surface area (Å²) in [6.07, 6.45) is 24.2. The molecular weight excluding hydrogens is 308 g/mol.